The van der Waals surface area contributed by atoms with E-state index in [-0.39, 0.29) is 10.7 Å². The van der Waals surface area contributed by atoms with Gasteiger partial charge in [0.05, 0.1) is 10.5 Å². The van der Waals surface area contributed by atoms with E-state index in [0.717, 1.165) is 11.8 Å². The Labute approximate surface area is 148 Å². The monoisotopic (exact) mass is 382 g/mol. The van der Waals surface area contributed by atoms with Gasteiger partial charge in [-0.1, -0.05) is 22.7 Å². The molecular weight excluding hydrogens is 367 g/mol. The van der Waals surface area contributed by atoms with Gasteiger partial charge in [-0.05, 0) is 43.3 Å². The Morgan fingerprint density at radius 2 is 1.77 bits per heavy atom. The van der Waals surface area contributed by atoms with Crippen molar-refractivity contribution < 1.29 is 26.2 Å². The van der Waals surface area contributed by atoms with Gasteiger partial charge in [0.15, 0.2) is 0 Å². The molecule has 5 nitrogen and oxygen atoms in total. The van der Waals surface area contributed by atoms with Crippen LogP contribution < -0.4 is 5.14 Å². The number of primary sulfonamides is 1. The Kier molecular flexibility index (Phi) is 4.45. The molecular formula is C17H15F3N3O2S+. The van der Waals surface area contributed by atoms with Crippen LogP contribution in [0.2, 0.25) is 0 Å². The van der Waals surface area contributed by atoms with Crippen molar-refractivity contribution in [3.8, 4) is 0 Å². The van der Waals surface area contributed by atoms with Crippen LogP contribution in [0.25, 0.3) is 0 Å². The molecule has 0 saturated heterocycles. The van der Waals surface area contributed by atoms with Crippen LogP contribution in [0.4, 0.5) is 18.9 Å². The predicted molar refractivity (Wildman–Crippen MR) is 91.4 cm³/mol. The fourth-order valence-corrected chi connectivity index (χ4v) is 3.11. The highest BCUT2D eigenvalue weighted by Crippen LogP contribution is 2.28. The fourth-order valence-electron chi connectivity index (χ4n) is 2.60. The lowest BCUT2D eigenvalue weighted by Crippen LogP contribution is -2.27. The van der Waals surface area contributed by atoms with Crippen molar-refractivity contribution in [1.29, 1.82) is 0 Å². The molecule has 9 heteroatoms. The van der Waals surface area contributed by atoms with Crippen LogP contribution in [0.5, 0.6) is 0 Å². The van der Waals surface area contributed by atoms with Crippen molar-refractivity contribution in [3.05, 3.63) is 59.7 Å². The van der Waals surface area contributed by atoms with Crippen molar-refractivity contribution in [3.63, 3.8) is 0 Å². The first-order chi connectivity index (χ1) is 12.1. The van der Waals surface area contributed by atoms with E-state index in [4.69, 9.17) is 5.14 Å². The summed E-state index contributed by atoms with van der Waals surface area (Å²) in [6, 6.07) is 10.3. The Balaban J connectivity index is 2.09. The molecule has 0 amide bonds. The van der Waals surface area contributed by atoms with Crippen LogP contribution >= 0.6 is 0 Å². The number of rotatable bonds is 3. The fraction of sp³-hybridized carbons (Fsp3) is 0.176. The van der Waals surface area contributed by atoms with Crippen LogP contribution in [0.15, 0.2) is 58.4 Å². The maximum absolute atomic E-state index is 13.2. The second-order valence-electron chi connectivity index (χ2n) is 5.87. The largest absolute Gasteiger partial charge is 0.440 e. The second kappa shape index (κ2) is 6.33. The Morgan fingerprint density at radius 3 is 2.31 bits per heavy atom. The first-order valence-corrected chi connectivity index (χ1v) is 9.09. The molecule has 1 heterocycles. The number of nitrogens with zero attached hydrogens (tertiary/aromatic N) is 2. The lowest BCUT2D eigenvalue weighted by molar-refractivity contribution is -0.297. The summed E-state index contributed by atoms with van der Waals surface area (Å²) in [5.74, 6) is 0.138. The first kappa shape index (κ1) is 18.3. The van der Waals surface area contributed by atoms with E-state index in [1.165, 1.54) is 28.8 Å². The highest BCUT2D eigenvalue weighted by atomic mass is 32.2. The van der Waals surface area contributed by atoms with Crippen LogP contribution in [-0.2, 0) is 10.0 Å². The van der Waals surface area contributed by atoms with E-state index in [1.54, 1.807) is 18.2 Å². The molecule has 0 radical (unpaired) electrons. The number of amidine groups is 1. The molecule has 0 spiro atoms. The lowest BCUT2D eigenvalue weighted by atomic mass is 10.1. The van der Waals surface area contributed by atoms with E-state index in [9.17, 15) is 21.6 Å². The number of hydrogen-bond donors (Lipinski definition) is 1. The molecule has 1 aliphatic heterocycles. The zero-order valence-corrected chi connectivity index (χ0v) is 14.4. The van der Waals surface area contributed by atoms with Crippen LogP contribution in [0, 0.1) is 6.92 Å². The van der Waals surface area contributed by atoms with Crippen LogP contribution in [-0.4, -0.2) is 37.3 Å². The van der Waals surface area contributed by atoms with E-state index < -0.39 is 22.2 Å². The van der Waals surface area contributed by atoms with Gasteiger partial charge in [0.2, 0.25) is 10.0 Å². The summed E-state index contributed by atoms with van der Waals surface area (Å²) in [7, 11) is -3.89. The molecule has 2 aromatic rings. The lowest BCUT2D eigenvalue weighted by Gasteiger charge is -2.05. The number of aryl methyl sites for hydroxylation is 1. The summed E-state index contributed by atoms with van der Waals surface area (Å²) in [4.78, 5) is 3.70. The zero-order valence-electron chi connectivity index (χ0n) is 13.6. The Hall–Kier alpha value is -2.52. The van der Waals surface area contributed by atoms with Gasteiger partial charge >= 0.3 is 12.0 Å². The molecule has 2 aromatic carbocycles. The van der Waals surface area contributed by atoms with Crippen molar-refractivity contribution in [2.45, 2.75) is 24.0 Å². The minimum Gasteiger partial charge on any atom is -0.225 e. The maximum atomic E-state index is 13.2. The zero-order chi connectivity index (χ0) is 19.1. The van der Waals surface area contributed by atoms with Crippen molar-refractivity contribution in [1.82, 2.24) is 0 Å². The third-order valence-corrected chi connectivity index (χ3v) is 4.76. The van der Waals surface area contributed by atoms with Crippen molar-refractivity contribution >= 4 is 27.8 Å². The van der Waals surface area contributed by atoms with Gasteiger partial charge in [-0.3, -0.25) is 0 Å². The van der Waals surface area contributed by atoms with Gasteiger partial charge in [0.1, 0.15) is 11.9 Å². The number of alkyl halides is 3. The molecule has 26 heavy (non-hydrogen) atoms. The van der Waals surface area contributed by atoms with Gasteiger partial charge < -0.3 is 0 Å². The van der Waals surface area contributed by atoms with Gasteiger partial charge in [-0.2, -0.15) is 17.7 Å². The maximum Gasteiger partial charge on any atom is 0.440 e. The van der Waals surface area contributed by atoms with Gasteiger partial charge in [0.25, 0.3) is 6.04 Å². The normalized spacial score (nSPS) is 17.8. The molecule has 0 aliphatic carbocycles. The number of halogens is 3. The molecule has 0 fully saturated rings. The molecule has 1 unspecified atom stereocenters. The number of sulfonamides is 1. The average Bonchev–Trinajstić information content (AvgIpc) is 3.00. The Bertz CT molecular complexity index is 1010. The topological polar surface area (TPSA) is 75.5 Å². The molecule has 1 atom stereocenters. The summed E-state index contributed by atoms with van der Waals surface area (Å²) >= 11 is 0. The third-order valence-electron chi connectivity index (χ3n) is 3.83. The summed E-state index contributed by atoms with van der Waals surface area (Å²) in [6.45, 7) is 1.83. The summed E-state index contributed by atoms with van der Waals surface area (Å²) < 4.78 is 63.6. The molecule has 0 aromatic heterocycles. The average molecular weight is 382 g/mol. The third kappa shape index (κ3) is 3.68. The minimum absolute atomic E-state index is 0.123. The predicted octanol–water partition coefficient (Wildman–Crippen LogP) is 2.75. The van der Waals surface area contributed by atoms with Crippen LogP contribution in [0.3, 0.4) is 0 Å². The molecule has 3 rings (SSSR count). The standard InChI is InChI=1S/C17H15F3N3O2S/c1-11-3-2-4-12(9-11)16-22-15(17(18,19)20)10-23(16)13-5-7-14(8-6-13)26(21,24)25/h2-10,15H,1H3,(H2,21,24,25)/q+1. The van der Waals surface area contributed by atoms with E-state index in [1.807, 2.05) is 13.0 Å². The summed E-state index contributed by atoms with van der Waals surface area (Å²) in [6.07, 6.45) is -3.56. The molecule has 136 valence electrons. The quantitative estimate of drug-likeness (QED) is 0.829. The number of hydrogen-bond acceptors (Lipinski definition) is 3. The minimum atomic E-state index is -4.52. The SMILES string of the molecule is Cc1cccc(C2=NC(C(F)(F)F)C=[N+]2c2ccc(S(N)(=O)=O)cc2)c1. The highest BCUT2D eigenvalue weighted by molar-refractivity contribution is 7.89. The molecule has 0 saturated carbocycles. The van der Waals surface area contributed by atoms with Crippen LogP contribution in [0.1, 0.15) is 11.1 Å². The second-order valence-corrected chi connectivity index (χ2v) is 7.43. The van der Waals surface area contributed by atoms with Gasteiger partial charge in [-0.25, -0.2) is 13.6 Å². The van der Waals surface area contributed by atoms with Crippen molar-refractivity contribution in [2.75, 3.05) is 0 Å². The first-order valence-electron chi connectivity index (χ1n) is 7.54. The summed E-state index contributed by atoms with van der Waals surface area (Å²) in [5, 5.41) is 5.05. The summed E-state index contributed by atoms with van der Waals surface area (Å²) in [5.41, 5.74) is 1.76. The van der Waals surface area contributed by atoms with Gasteiger partial charge in [-0.15, -0.1) is 0 Å². The highest BCUT2D eigenvalue weighted by Gasteiger charge is 2.49. The molecule has 0 bridgehead atoms. The number of aliphatic imine (C=N–C) groups is 1. The number of nitrogens with two attached hydrogens (primary N) is 1. The van der Waals surface area contributed by atoms with E-state index in [2.05, 4.69) is 4.99 Å². The van der Waals surface area contributed by atoms with E-state index in [0.29, 0.717) is 11.3 Å². The smallest absolute Gasteiger partial charge is 0.225 e. The molecule has 2 N–H and O–H groups in total. The number of benzene rings is 2. The van der Waals surface area contributed by atoms with Gasteiger partial charge in [0, 0.05) is 0 Å². The Morgan fingerprint density at radius 1 is 1.12 bits per heavy atom. The molecule has 1 aliphatic rings. The van der Waals surface area contributed by atoms with E-state index >= 15 is 0 Å². The van der Waals surface area contributed by atoms with Crippen molar-refractivity contribution in [2.24, 2.45) is 10.1 Å².